The molecular weight excluding hydrogens is 338 g/mol. The quantitative estimate of drug-likeness (QED) is 0.755. The molecule has 0 aliphatic rings. The summed E-state index contributed by atoms with van der Waals surface area (Å²) in [5.74, 6) is 1.03. The number of aryl methyl sites for hydroxylation is 1. The monoisotopic (exact) mass is 353 g/mol. The van der Waals surface area contributed by atoms with E-state index in [1.54, 1.807) is 0 Å². The second kappa shape index (κ2) is 6.55. The molecule has 1 aromatic heterocycles. The highest BCUT2D eigenvalue weighted by molar-refractivity contribution is 9.10. The first-order valence-corrected chi connectivity index (χ1v) is 7.75. The van der Waals surface area contributed by atoms with Crippen molar-refractivity contribution in [3.8, 4) is 0 Å². The molecule has 1 N–H and O–H groups in total. The molecule has 0 spiro atoms. The fourth-order valence-corrected chi connectivity index (χ4v) is 2.85. The Hall–Kier alpha value is -1.13. The summed E-state index contributed by atoms with van der Waals surface area (Å²) in [6, 6.07) is 6.17. The summed E-state index contributed by atoms with van der Waals surface area (Å²) in [5, 5.41) is 3.89. The summed E-state index contributed by atoms with van der Waals surface area (Å²) in [7, 11) is 0. The van der Waals surface area contributed by atoms with Gasteiger partial charge >= 0.3 is 0 Å². The Morgan fingerprint density at radius 2 is 2.05 bits per heavy atom. The zero-order valence-corrected chi connectivity index (χ0v) is 14.1. The third-order valence-electron chi connectivity index (χ3n) is 3.11. The number of hydrogen-bond acceptors (Lipinski definition) is 3. The predicted molar refractivity (Wildman–Crippen MR) is 87.9 cm³/mol. The van der Waals surface area contributed by atoms with Crippen molar-refractivity contribution in [1.29, 1.82) is 0 Å². The first kappa shape index (κ1) is 15.3. The molecule has 0 saturated heterocycles. The van der Waals surface area contributed by atoms with Crippen molar-refractivity contribution in [2.75, 3.05) is 5.32 Å². The average Bonchev–Trinajstić information content (AvgIpc) is 2.40. The van der Waals surface area contributed by atoms with Crippen LogP contribution < -0.4 is 5.32 Å². The standard InChI is InChI=1S/C15H17BrClN3/c1-4-10-7-11(16)5-6-12(10)20-15-13(9(2)3)14(17)18-8-19-15/h5-9H,4H2,1-3H3,(H,18,19,20). The van der Waals surface area contributed by atoms with Crippen molar-refractivity contribution < 1.29 is 0 Å². The molecule has 0 aliphatic carbocycles. The van der Waals surface area contributed by atoms with Gasteiger partial charge in [0.1, 0.15) is 17.3 Å². The minimum atomic E-state index is 0.256. The molecule has 0 fully saturated rings. The zero-order valence-electron chi connectivity index (χ0n) is 11.7. The van der Waals surface area contributed by atoms with E-state index in [-0.39, 0.29) is 5.92 Å². The lowest BCUT2D eigenvalue weighted by molar-refractivity contribution is 0.850. The van der Waals surface area contributed by atoms with Gasteiger partial charge in [-0.2, -0.15) is 0 Å². The smallest absolute Gasteiger partial charge is 0.138 e. The van der Waals surface area contributed by atoms with Gasteiger partial charge in [0.25, 0.3) is 0 Å². The number of nitrogens with zero attached hydrogens (tertiary/aromatic N) is 2. The molecular formula is C15H17BrClN3. The van der Waals surface area contributed by atoms with E-state index in [0.717, 1.165) is 28.0 Å². The summed E-state index contributed by atoms with van der Waals surface area (Å²) in [6.45, 7) is 6.29. The first-order valence-electron chi connectivity index (χ1n) is 6.58. The topological polar surface area (TPSA) is 37.8 Å². The van der Waals surface area contributed by atoms with Crippen LogP contribution in [0.25, 0.3) is 0 Å². The Labute approximate surface area is 132 Å². The third-order valence-corrected chi connectivity index (χ3v) is 3.91. The van der Waals surface area contributed by atoms with E-state index in [2.05, 4.69) is 58.1 Å². The van der Waals surface area contributed by atoms with Crippen molar-refractivity contribution in [3.63, 3.8) is 0 Å². The Morgan fingerprint density at radius 1 is 1.30 bits per heavy atom. The second-order valence-corrected chi connectivity index (χ2v) is 6.14. The molecule has 2 rings (SSSR count). The van der Waals surface area contributed by atoms with Crippen LogP contribution in [-0.4, -0.2) is 9.97 Å². The zero-order chi connectivity index (χ0) is 14.7. The van der Waals surface area contributed by atoms with Gasteiger partial charge in [0.05, 0.1) is 0 Å². The van der Waals surface area contributed by atoms with Gasteiger partial charge in [-0.1, -0.05) is 48.3 Å². The predicted octanol–water partition coefficient (Wildman–Crippen LogP) is 5.32. The molecule has 1 aromatic carbocycles. The molecule has 0 aliphatic heterocycles. The van der Waals surface area contributed by atoms with Crippen LogP contribution in [0.4, 0.5) is 11.5 Å². The molecule has 3 nitrogen and oxygen atoms in total. The maximum Gasteiger partial charge on any atom is 0.138 e. The van der Waals surface area contributed by atoms with Gasteiger partial charge < -0.3 is 5.32 Å². The van der Waals surface area contributed by atoms with Crippen LogP contribution in [-0.2, 0) is 6.42 Å². The number of rotatable bonds is 4. The Bertz CT molecular complexity index is 614. The summed E-state index contributed by atoms with van der Waals surface area (Å²) < 4.78 is 1.07. The number of hydrogen-bond donors (Lipinski definition) is 1. The van der Waals surface area contributed by atoms with E-state index in [9.17, 15) is 0 Å². The molecule has 0 radical (unpaired) electrons. The second-order valence-electron chi connectivity index (χ2n) is 4.86. The highest BCUT2D eigenvalue weighted by Crippen LogP contribution is 2.31. The largest absolute Gasteiger partial charge is 0.340 e. The van der Waals surface area contributed by atoms with Gasteiger partial charge in [-0.3, -0.25) is 0 Å². The van der Waals surface area contributed by atoms with Gasteiger partial charge in [0, 0.05) is 15.7 Å². The van der Waals surface area contributed by atoms with E-state index in [1.807, 2.05) is 12.1 Å². The minimum absolute atomic E-state index is 0.256. The maximum absolute atomic E-state index is 6.19. The lowest BCUT2D eigenvalue weighted by atomic mass is 10.1. The Morgan fingerprint density at radius 3 is 2.70 bits per heavy atom. The molecule has 0 amide bonds. The van der Waals surface area contributed by atoms with Crippen molar-refractivity contribution in [2.45, 2.75) is 33.1 Å². The van der Waals surface area contributed by atoms with Crippen molar-refractivity contribution >= 4 is 39.0 Å². The summed E-state index contributed by atoms with van der Waals surface area (Å²) in [5.41, 5.74) is 3.22. The molecule has 20 heavy (non-hydrogen) atoms. The normalized spacial score (nSPS) is 10.9. The highest BCUT2D eigenvalue weighted by Gasteiger charge is 2.14. The Balaban J connectivity index is 2.43. The van der Waals surface area contributed by atoms with Gasteiger partial charge in [-0.15, -0.1) is 0 Å². The molecule has 5 heteroatoms. The molecule has 1 heterocycles. The van der Waals surface area contributed by atoms with Crippen LogP contribution in [0, 0.1) is 0 Å². The van der Waals surface area contributed by atoms with E-state index in [1.165, 1.54) is 11.9 Å². The fourth-order valence-electron chi connectivity index (χ4n) is 2.09. The fraction of sp³-hybridized carbons (Fsp3) is 0.333. The molecule has 0 unspecified atom stereocenters. The van der Waals surface area contributed by atoms with Gasteiger partial charge in [0.2, 0.25) is 0 Å². The summed E-state index contributed by atoms with van der Waals surface area (Å²) >= 11 is 9.69. The number of anilines is 2. The van der Waals surface area contributed by atoms with Crippen molar-refractivity contribution in [1.82, 2.24) is 9.97 Å². The van der Waals surface area contributed by atoms with Crippen LogP contribution in [0.2, 0.25) is 5.15 Å². The van der Waals surface area contributed by atoms with Crippen molar-refractivity contribution in [3.05, 3.63) is 45.3 Å². The number of aromatic nitrogens is 2. The molecule has 106 valence electrons. The van der Waals surface area contributed by atoms with E-state index >= 15 is 0 Å². The summed E-state index contributed by atoms with van der Waals surface area (Å²) in [6.07, 6.45) is 2.43. The average molecular weight is 355 g/mol. The SMILES string of the molecule is CCc1cc(Br)ccc1Nc1ncnc(Cl)c1C(C)C. The van der Waals surface area contributed by atoms with E-state index in [4.69, 9.17) is 11.6 Å². The summed E-state index contributed by atoms with van der Waals surface area (Å²) in [4.78, 5) is 8.40. The van der Waals surface area contributed by atoms with E-state index in [0.29, 0.717) is 5.15 Å². The van der Waals surface area contributed by atoms with E-state index < -0.39 is 0 Å². The van der Waals surface area contributed by atoms with Gasteiger partial charge in [-0.05, 0) is 36.1 Å². The molecule has 0 atom stereocenters. The van der Waals surface area contributed by atoms with Crippen LogP contribution in [0.15, 0.2) is 29.0 Å². The van der Waals surface area contributed by atoms with Crippen LogP contribution >= 0.6 is 27.5 Å². The molecule has 0 saturated carbocycles. The van der Waals surface area contributed by atoms with Crippen molar-refractivity contribution in [2.24, 2.45) is 0 Å². The van der Waals surface area contributed by atoms with Gasteiger partial charge in [-0.25, -0.2) is 9.97 Å². The molecule has 2 aromatic rings. The highest BCUT2D eigenvalue weighted by atomic mass is 79.9. The molecule has 0 bridgehead atoms. The number of nitrogens with one attached hydrogen (secondary N) is 1. The first-order chi connectivity index (χ1) is 9.52. The lowest BCUT2D eigenvalue weighted by Crippen LogP contribution is -2.04. The number of benzene rings is 1. The van der Waals surface area contributed by atoms with Gasteiger partial charge in [0.15, 0.2) is 0 Å². The number of halogens is 2. The van der Waals surface area contributed by atoms with Crippen LogP contribution in [0.1, 0.15) is 37.8 Å². The minimum Gasteiger partial charge on any atom is -0.340 e. The van der Waals surface area contributed by atoms with Crippen LogP contribution in [0.5, 0.6) is 0 Å². The maximum atomic E-state index is 6.19. The Kier molecular flexibility index (Phi) is 5.00. The third kappa shape index (κ3) is 3.30. The van der Waals surface area contributed by atoms with Crippen LogP contribution in [0.3, 0.4) is 0 Å². The lowest BCUT2D eigenvalue weighted by Gasteiger charge is -2.16.